The van der Waals surface area contributed by atoms with E-state index in [0.717, 1.165) is 22.7 Å². The Labute approximate surface area is 94.6 Å². The van der Waals surface area contributed by atoms with E-state index in [-0.39, 0.29) is 0 Å². The molecule has 0 aliphatic carbocycles. The second kappa shape index (κ2) is 4.37. The van der Waals surface area contributed by atoms with Crippen LogP contribution in [0.1, 0.15) is 5.69 Å². The molecule has 0 spiro atoms. The molecular formula is C12H15N3O. The topological polar surface area (TPSA) is 53.1 Å². The monoisotopic (exact) mass is 217 g/mol. The molecule has 2 aromatic rings. The minimum atomic E-state index is 0.462. The standard InChI is InChI=1S/C12H15N3O/c1-15-12(7-10(8-13)14-15)9-3-5-11(16-2)6-4-9/h3-7H,8,13H2,1-2H3. The largest absolute Gasteiger partial charge is 0.497 e. The summed E-state index contributed by atoms with van der Waals surface area (Å²) < 4.78 is 6.96. The van der Waals surface area contributed by atoms with E-state index in [2.05, 4.69) is 5.10 Å². The fourth-order valence-corrected chi connectivity index (χ4v) is 1.66. The van der Waals surface area contributed by atoms with E-state index in [1.54, 1.807) is 7.11 Å². The lowest BCUT2D eigenvalue weighted by Crippen LogP contribution is -1.98. The smallest absolute Gasteiger partial charge is 0.118 e. The first-order valence-electron chi connectivity index (χ1n) is 5.12. The van der Waals surface area contributed by atoms with E-state index in [0.29, 0.717) is 6.54 Å². The third kappa shape index (κ3) is 1.92. The summed E-state index contributed by atoms with van der Waals surface area (Å²) in [5.74, 6) is 0.852. The minimum Gasteiger partial charge on any atom is -0.497 e. The Bertz CT molecular complexity index is 474. The number of aryl methyl sites for hydroxylation is 1. The highest BCUT2D eigenvalue weighted by Gasteiger charge is 2.06. The molecular weight excluding hydrogens is 202 g/mol. The first kappa shape index (κ1) is 10.7. The number of benzene rings is 1. The number of rotatable bonds is 3. The summed E-state index contributed by atoms with van der Waals surface area (Å²) in [5.41, 5.74) is 8.62. The molecule has 1 aromatic carbocycles. The maximum absolute atomic E-state index is 5.56. The molecule has 4 nitrogen and oxygen atoms in total. The van der Waals surface area contributed by atoms with Crippen molar-refractivity contribution in [2.24, 2.45) is 12.8 Å². The summed E-state index contributed by atoms with van der Waals surface area (Å²) >= 11 is 0. The number of nitrogens with two attached hydrogens (primary N) is 1. The highest BCUT2D eigenvalue weighted by molar-refractivity contribution is 5.61. The molecule has 0 unspecified atom stereocenters. The second-order valence-corrected chi connectivity index (χ2v) is 3.58. The van der Waals surface area contributed by atoms with Gasteiger partial charge in [0.15, 0.2) is 0 Å². The summed E-state index contributed by atoms with van der Waals surface area (Å²) in [6.07, 6.45) is 0. The highest BCUT2D eigenvalue weighted by Crippen LogP contribution is 2.22. The summed E-state index contributed by atoms with van der Waals surface area (Å²) in [5, 5.41) is 4.31. The van der Waals surface area contributed by atoms with Gasteiger partial charge in [-0.25, -0.2) is 0 Å². The summed E-state index contributed by atoms with van der Waals surface area (Å²) in [6.45, 7) is 0.462. The van der Waals surface area contributed by atoms with E-state index in [9.17, 15) is 0 Å². The quantitative estimate of drug-likeness (QED) is 0.848. The van der Waals surface area contributed by atoms with Crippen molar-refractivity contribution in [3.8, 4) is 17.0 Å². The van der Waals surface area contributed by atoms with Crippen LogP contribution in [-0.4, -0.2) is 16.9 Å². The van der Waals surface area contributed by atoms with Crippen LogP contribution in [0.5, 0.6) is 5.75 Å². The molecule has 2 N–H and O–H groups in total. The van der Waals surface area contributed by atoms with Gasteiger partial charge in [-0.3, -0.25) is 4.68 Å². The molecule has 16 heavy (non-hydrogen) atoms. The number of aromatic nitrogens is 2. The van der Waals surface area contributed by atoms with Crippen LogP contribution < -0.4 is 10.5 Å². The Morgan fingerprint density at radius 2 is 2.00 bits per heavy atom. The molecule has 2 rings (SSSR count). The lowest BCUT2D eigenvalue weighted by molar-refractivity contribution is 0.415. The van der Waals surface area contributed by atoms with Crippen molar-refractivity contribution in [2.45, 2.75) is 6.54 Å². The Hall–Kier alpha value is -1.81. The van der Waals surface area contributed by atoms with Gasteiger partial charge in [-0.1, -0.05) is 0 Å². The maximum Gasteiger partial charge on any atom is 0.118 e. The minimum absolute atomic E-state index is 0.462. The molecule has 0 saturated carbocycles. The molecule has 84 valence electrons. The average molecular weight is 217 g/mol. The van der Waals surface area contributed by atoms with E-state index in [4.69, 9.17) is 10.5 Å². The number of hydrogen-bond donors (Lipinski definition) is 1. The Balaban J connectivity index is 2.38. The lowest BCUT2D eigenvalue weighted by atomic mass is 10.1. The van der Waals surface area contributed by atoms with E-state index in [1.165, 1.54) is 0 Å². The lowest BCUT2D eigenvalue weighted by Gasteiger charge is -2.03. The first-order valence-corrected chi connectivity index (χ1v) is 5.12. The van der Waals surface area contributed by atoms with Gasteiger partial charge in [0, 0.05) is 19.2 Å². The van der Waals surface area contributed by atoms with Crippen molar-refractivity contribution in [3.05, 3.63) is 36.0 Å². The van der Waals surface area contributed by atoms with Gasteiger partial charge in [0.05, 0.1) is 18.5 Å². The van der Waals surface area contributed by atoms with Gasteiger partial charge >= 0.3 is 0 Å². The molecule has 1 aromatic heterocycles. The summed E-state index contributed by atoms with van der Waals surface area (Å²) in [7, 11) is 3.57. The molecule has 0 fully saturated rings. The maximum atomic E-state index is 5.56. The molecule has 4 heteroatoms. The van der Waals surface area contributed by atoms with E-state index in [1.807, 2.05) is 42.1 Å². The molecule has 0 atom stereocenters. The molecule has 0 aliphatic heterocycles. The number of ether oxygens (including phenoxy) is 1. The predicted octanol–water partition coefficient (Wildman–Crippen LogP) is 1.55. The molecule has 1 heterocycles. The zero-order valence-electron chi connectivity index (χ0n) is 9.47. The van der Waals surface area contributed by atoms with Gasteiger partial charge < -0.3 is 10.5 Å². The molecule has 0 saturated heterocycles. The van der Waals surface area contributed by atoms with Gasteiger partial charge in [0.1, 0.15) is 5.75 Å². The van der Waals surface area contributed by atoms with Crippen molar-refractivity contribution >= 4 is 0 Å². The van der Waals surface area contributed by atoms with Crippen LogP contribution in [0.3, 0.4) is 0 Å². The molecule has 0 aliphatic rings. The molecule has 0 amide bonds. The zero-order chi connectivity index (χ0) is 11.5. The SMILES string of the molecule is COc1ccc(-c2cc(CN)nn2C)cc1. The van der Waals surface area contributed by atoms with Crippen molar-refractivity contribution < 1.29 is 4.74 Å². The van der Waals surface area contributed by atoms with Gasteiger partial charge in [-0.15, -0.1) is 0 Å². The highest BCUT2D eigenvalue weighted by atomic mass is 16.5. The van der Waals surface area contributed by atoms with Crippen LogP contribution in [0.25, 0.3) is 11.3 Å². The third-order valence-electron chi connectivity index (χ3n) is 2.53. The van der Waals surface area contributed by atoms with Gasteiger partial charge in [0.25, 0.3) is 0 Å². The van der Waals surface area contributed by atoms with Crippen molar-refractivity contribution in [2.75, 3.05) is 7.11 Å². The first-order chi connectivity index (χ1) is 7.74. The normalized spacial score (nSPS) is 10.4. The van der Waals surface area contributed by atoms with Crippen LogP contribution in [-0.2, 0) is 13.6 Å². The van der Waals surface area contributed by atoms with Crippen LogP contribution in [0.2, 0.25) is 0 Å². The van der Waals surface area contributed by atoms with Gasteiger partial charge in [-0.2, -0.15) is 5.10 Å². The van der Waals surface area contributed by atoms with Crippen LogP contribution in [0.4, 0.5) is 0 Å². The Kier molecular flexibility index (Phi) is 2.92. The predicted molar refractivity (Wildman–Crippen MR) is 63.1 cm³/mol. The van der Waals surface area contributed by atoms with E-state index >= 15 is 0 Å². The molecule has 0 bridgehead atoms. The van der Waals surface area contributed by atoms with Crippen LogP contribution >= 0.6 is 0 Å². The Morgan fingerprint density at radius 3 is 2.50 bits per heavy atom. The third-order valence-corrected chi connectivity index (χ3v) is 2.53. The fraction of sp³-hybridized carbons (Fsp3) is 0.250. The van der Waals surface area contributed by atoms with Crippen molar-refractivity contribution in [1.29, 1.82) is 0 Å². The van der Waals surface area contributed by atoms with Gasteiger partial charge in [-0.05, 0) is 30.3 Å². The number of nitrogens with zero attached hydrogens (tertiary/aromatic N) is 2. The number of hydrogen-bond acceptors (Lipinski definition) is 3. The van der Waals surface area contributed by atoms with Crippen molar-refractivity contribution in [1.82, 2.24) is 9.78 Å². The summed E-state index contributed by atoms with van der Waals surface area (Å²) in [6, 6.07) is 9.89. The van der Waals surface area contributed by atoms with Crippen LogP contribution in [0.15, 0.2) is 30.3 Å². The zero-order valence-corrected chi connectivity index (χ0v) is 9.47. The second-order valence-electron chi connectivity index (χ2n) is 3.58. The van der Waals surface area contributed by atoms with Gasteiger partial charge in [0.2, 0.25) is 0 Å². The summed E-state index contributed by atoms with van der Waals surface area (Å²) in [4.78, 5) is 0. The average Bonchev–Trinajstić information content (AvgIpc) is 2.71. The van der Waals surface area contributed by atoms with Crippen LogP contribution in [0, 0.1) is 0 Å². The number of methoxy groups -OCH3 is 1. The fourth-order valence-electron chi connectivity index (χ4n) is 1.66. The Morgan fingerprint density at radius 1 is 1.31 bits per heavy atom. The molecule has 0 radical (unpaired) electrons. The van der Waals surface area contributed by atoms with E-state index < -0.39 is 0 Å². The van der Waals surface area contributed by atoms with Crippen molar-refractivity contribution in [3.63, 3.8) is 0 Å².